The summed E-state index contributed by atoms with van der Waals surface area (Å²) < 4.78 is 1.19. The lowest BCUT2D eigenvalue weighted by Crippen LogP contribution is -2.34. The molecule has 0 aliphatic heterocycles. The second-order valence-electron chi connectivity index (χ2n) is 5.03. The third-order valence-electron chi connectivity index (χ3n) is 3.50. The Labute approximate surface area is 133 Å². The Kier molecular flexibility index (Phi) is 5.16. The molecule has 1 atom stereocenters. The van der Waals surface area contributed by atoms with E-state index < -0.39 is 5.41 Å². The van der Waals surface area contributed by atoms with Crippen LogP contribution in [0.1, 0.15) is 11.1 Å². The minimum absolute atomic E-state index is 0.364. The molecular weight excluding hydrogens is 359 g/mol. The molecular formula is C17H17IN2. The van der Waals surface area contributed by atoms with Crippen LogP contribution in [0.2, 0.25) is 0 Å². The van der Waals surface area contributed by atoms with Crippen molar-refractivity contribution in [1.29, 1.82) is 5.26 Å². The van der Waals surface area contributed by atoms with Crippen molar-refractivity contribution in [2.24, 2.45) is 11.1 Å². The summed E-state index contributed by atoms with van der Waals surface area (Å²) in [5.41, 5.74) is 7.75. The highest BCUT2D eigenvalue weighted by Gasteiger charge is 2.30. The first-order chi connectivity index (χ1) is 9.69. The van der Waals surface area contributed by atoms with E-state index in [-0.39, 0.29) is 0 Å². The van der Waals surface area contributed by atoms with E-state index in [2.05, 4.69) is 52.9 Å². The molecule has 0 fully saturated rings. The number of benzene rings is 2. The molecule has 2 nitrogen and oxygen atoms in total. The summed E-state index contributed by atoms with van der Waals surface area (Å²) >= 11 is 2.31. The van der Waals surface area contributed by atoms with Crippen LogP contribution in [0, 0.1) is 20.3 Å². The number of nitrogens with two attached hydrogens (primary N) is 1. The predicted molar refractivity (Wildman–Crippen MR) is 90.1 cm³/mol. The lowest BCUT2D eigenvalue weighted by atomic mass is 9.78. The second kappa shape index (κ2) is 6.87. The Hall–Kier alpha value is -1.38. The fraction of sp³-hybridized carbons (Fsp3) is 0.235. The van der Waals surface area contributed by atoms with Crippen molar-refractivity contribution >= 4 is 22.6 Å². The van der Waals surface area contributed by atoms with Gasteiger partial charge in [0.15, 0.2) is 0 Å². The molecule has 0 bridgehead atoms. The van der Waals surface area contributed by atoms with Gasteiger partial charge in [-0.05, 0) is 52.6 Å². The molecule has 1 unspecified atom stereocenters. The molecule has 102 valence electrons. The molecule has 0 aliphatic rings. The van der Waals surface area contributed by atoms with Crippen molar-refractivity contribution < 1.29 is 0 Å². The first-order valence-electron chi connectivity index (χ1n) is 6.58. The molecule has 0 aromatic heterocycles. The minimum atomic E-state index is -0.539. The van der Waals surface area contributed by atoms with Gasteiger partial charge in [0, 0.05) is 10.1 Å². The Balaban J connectivity index is 2.27. The van der Waals surface area contributed by atoms with Crippen LogP contribution in [-0.4, -0.2) is 6.54 Å². The molecule has 3 heteroatoms. The first-order valence-corrected chi connectivity index (χ1v) is 7.66. The van der Waals surface area contributed by atoms with Crippen molar-refractivity contribution in [3.05, 3.63) is 69.3 Å². The third kappa shape index (κ3) is 3.59. The molecule has 0 saturated carbocycles. The maximum atomic E-state index is 9.66. The fourth-order valence-electron chi connectivity index (χ4n) is 2.32. The van der Waals surface area contributed by atoms with Gasteiger partial charge in [-0.2, -0.15) is 5.26 Å². The number of nitrogens with zero attached hydrogens (tertiary/aromatic N) is 1. The Bertz CT molecular complexity index is 604. The van der Waals surface area contributed by atoms with Crippen LogP contribution >= 0.6 is 22.6 Å². The molecule has 0 amide bonds. The maximum absolute atomic E-state index is 9.66. The Morgan fingerprint density at radius 2 is 1.65 bits per heavy atom. The number of nitriles is 1. The number of halogens is 1. The summed E-state index contributed by atoms with van der Waals surface area (Å²) in [5, 5.41) is 9.66. The topological polar surface area (TPSA) is 49.8 Å². The van der Waals surface area contributed by atoms with Gasteiger partial charge in [0.2, 0.25) is 0 Å². The van der Waals surface area contributed by atoms with Crippen molar-refractivity contribution in [1.82, 2.24) is 0 Å². The lowest BCUT2D eigenvalue weighted by molar-refractivity contribution is 0.401. The van der Waals surface area contributed by atoms with E-state index in [0.29, 0.717) is 19.4 Å². The normalized spacial score (nSPS) is 13.4. The molecule has 2 aromatic rings. The van der Waals surface area contributed by atoms with Gasteiger partial charge in [-0.3, -0.25) is 0 Å². The van der Waals surface area contributed by atoms with Gasteiger partial charge >= 0.3 is 0 Å². The van der Waals surface area contributed by atoms with Crippen LogP contribution in [0.15, 0.2) is 54.6 Å². The van der Waals surface area contributed by atoms with Crippen molar-refractivity contribution in [2.75, 3.05) is 6.54 Å². The minimum Gasteiger partial charge on any atom is -0.329 e. The van der Waals surface area contributed by atoms with E-state index in [4.69, 9.17) is 5.73 Å². The largest absolute Gasteiger partial charge is 0.329 e. The van der Waals surface area contributed by atoms with Crippen LogP contribution in [-0.2, 0) is 12.8 Å². The standard InChI is InChI=1S/C17H17IN2/c18-16-9-5-4-8-15(16)11-17(12-19,13-20)10-14-6-2-1-3-7-14/h1-9H,10-12,19H2. The zero-order chi connectivity index (χ0) is 14.4. The SMILES string of the molecule is N#CC(CN)(Cc1ccccc1)Cc1ccccc1I. The van der Waals surface area contributed by atoms with Crippen LogP contribution in [0.3, 0.4) is 0 Å². The van der Waals surface area contributed by atoms with Gasteiger partial charge in [0.05, 0.1) is 11.5 Å². The van der Waals surface area contributed by atoms with Gasteiger partial charge in [0.1, 0.15) is 0 Å². The average molecular weight is 376 g/mol. The van der Waals surface area contributed by atoms with Gasteiger partial charge < -0.3 is 5.73 Å². The second-order valence-corrected chi connectivity index (χ2v) is 6.19. The van der Waals surface area contributed by atoms with E-state index in [1.54, 1.807) is 0 Å². The summed E-state index contributed by atoms with van der Waals surface area (Å²) in [4.78, 5) is 0. The highest BCUT2D eigenvalue weighted by molar-refractivity contribution is 14.1. The van der Waals surface area contributed by atoms with Crippen molar-refractivity contribution in [3.8, 4) is 6.07 Å². The van der Waals surface area contributed by atoms with E-state index in [0.717, 1.165) is 5.56 Å². The van der Waals surface area contributed by atoms with E-state index >= 15 is 0 Å². The quantitative estimate of drug-likeness (QED) is 0.812. The maximum Gasteiger partial charge on any atom is 0.0776 e. The molecule has 0 heterocycles. The van der Waals surface area contributed by atoms with Crippen LogP contribution in [0.4, 0.5) is 0 Å². The van der Waals surface area contributed by atoms with Crippen LogP contribution in [0.25, 0.3) is 0 Å². The van der Waals surface area contributed by atoms with Crippen molar-refractivity contribution in [2.45, 2.75) is 12.8 Å². The molecule has 2 rings (SSSR count). The summed E-state index contributed by atoms with van der Waals surface area (Å²) in [6.07, 6.45) is 1.37. The molecule has 2 N–H and O–H groups in total. The fourth-order valence-corrected chi connectivity index (χ4v) is 2.90. The number of rotatable bonds is 5. The Morgan fingerprint density at radius 3 is 2.25 bits per heavy atom. The molecule has 0 saturated heterocycles. The molecule has 0 aliphatic carbocycles. The zero-order valence-electron chi connectivity index (χ0n) is 11.2. The molecule has 0 spiro atoms. The average Bonchev–Trinajstić information content (AvgIpc) is 2.50. The third-order valence-corrected chi connectivity index (χ3v) is 4.55. The Morgan fingerprint density at radius 1 is 1.00 bits per heavy atom. The van der Waals surface area contributed by atoms with Crippen LogP contribution in [0.5, 0.6) is 0 Å². The van der Waals surface area contributed by atoms with E-state index in [9.17, 15) is 5.26 Å². The summed E-state index contributed by atoms with van der Waals surface area (Å²) in [6, 6.07) is 20.7. The number of hydrogen-bond donors (Lipinski definition) is 1. The smallest absolute Gasteiger partial charge is 0.0776 e. The zero-order valence-corrected chi connectivity index (χ0v) is 13.4. The van der Waals surface area contributed by atoms with E-state index in [1.807, 2.05) is 30.3 Å². The van der Waals surface area contributed by atoms with Gasteiger partial charge in [-0.25, -0.2) is 0 Å². The molecule has 20 heavy (non-hydrogen) atoms. The van der Waals surface area contributed by atoms with Gasteiger partial charge in [-0.15, -0.1) is 0 Å². The van der Waals surface area contributed by atoms with Gasteiger partial charge in [0.25, 0.3) is 0 Å². The van der Waals surface area contributed by atoms with Crippen molar-refractivity contribution in [3.63, 3.8) is 0 Å². The van der Waals surface area contributed by atoms with Crippen LogP contribution < -0.4 is 5.73 Å². The summed E-state index contributed by atoms with van der Waals surface area (Å²) in [6.45, 7) is 0.364. The molecule has 0 radical (unpaired) electrons. The first kappa shape index (κ1) is 15.0. The monoisotopic (exact) mass is 376 g/mol. The lowest BCUT2D eigenvalue weighted by Gasteiger charge is -2.25. The predicted octanol–water partition coefficient (Wildman–Crippen LogP) is 3.55. The van der Waals surface area contributed by atoms with E-state index in [1.165, 1.54) is 9.13 Å². The highest BCUT2D eigenvalue weighted by atomic mass is 127. The summed E-state index contributed by atoms with van der Waals surface area (Å²) in [5.74, 6) is 0. The number of hydrogen-bond acceptors (Lipinski definition) is 2. The van der Waals surface area contributed by atoms with Gasteiger partial charge in [-0.1, -0.05) is 48.5 Å². The highest BCUT2D eigenvalue weighted by Crippen LogP contribution is 2.28. The summed E-state index contributed by atoms with van der Waals surface area (Å²) in [7, 11) is 0. The molecule has 2 aromatic carbocycles.